The van der Waals surface area contributed by atoms with Crippen LogP contribution in [0, 0.1) is 5.92 Å². The van der Waals surface area contributed by atoms with E-state index in [2.05, 4.69) is 9.82 Å². The summed E-state index contributed by atoms with van der Waals surface area (Å²) in [5, 5.41) is 2.55. The van der Waals surface area contributed by atoms with Crippen LogP contribution in [0.5, 0.6) is 5.75 Å². The summed E-state index contributed by atoms with van der Waals surface area (Å²) >= 11 is 5.86. The van der Waals surface area contributed by atoms with E-state index in [0.29, 0.717) is 12.2 Å². The Morgan fingerprint density at radius 1 is 1.35 bits per heavy atom. The van der Waals surface area contributed by atoms with Crippen molar-refractivity contribution in [3.05, 3.63) is 30.3 Å². The quantitative estimate of drug-likeness (QED) is 0.614. The van der Waals surface area contributed by atoms with Crippen molar-refractivity contribution in [2.45, 2.75) is 26.3 Å². The molecule has 0 fully saturated rings. The molecule has 0 aliphatic carbocycles. The zero-order valence-corrected chi connectivity index (χ0v) is 13.4. The number of hydrogen-bond acceptors (Lipinski definition) is 4. The number of esters is 1. The van der Waals surface area contributed by atoms with Crippen LogP contribution in [0.4, 0.5) is 0 Å². The third-order valence-electron chi connectivity index (χ3n) is 2.47. The zero-order chi connectivity index (χ0) is 15.2. The number of methoxy groups -OCH3 is 1. The van der Waals surface area contributed by atoms with E-state index >= 15 is 0 Å². The minimum atomic E-state index is -3.67. The van der Waals surface area contributed by atoms with Crippen LogP contribution in [0.3, 0.4) is 0 Å². The molecule has 1 rings (SSSR count). The van der Waals surface area contributed by atoms with E-state index in [1.165, 1.54) is 7.11 Å². The molecule has 0 saturated heterocycles. The first-order valence-electron chi connectivity index (χ1n) is 6.24. The average molecular weight is 320 g/mol. The maximum absolute atomic E-state index is 12.2. The first-order chi connectivity index (χ1) is 9.34. The first kappa shape index (κ1) is 17.0. The van der Waals surface area contributed by atoms with Gasteiger partial charge in [-0.2, -0.15) is 0 Å². The molecule has 0 saturated carbocycles. The van der Waals surface area contributed by atoms with Crippen LogP contribution < -0.4 is 9.61 Å². The van der Waals surface area contributed by atoms with Gasteiger partial charge in [0.1, 0.15) is 11.8 Å². The lowest BCUT2D eigenvalue weighted by Gasteiger charge is -2.21. The van der Waals surface area contributed by atoms with Crippen LogP contribution in [0.25, 0.3) is 0 Å². The van der Waals surface area contributed by atoms with Gasteiger partial charge in [0, 0.05) is 11.2 Å². The Labute approximate surface area is 123 Å². The molecule has 0 heterocycles. The lowest BCUT2D eigenvalue weighted by molar-refractivity contribution is -0.143. The lowest BCUT2D eigenvalue weighted by atomic mass is 10.1. The van der Waals surface area contributed by atoms with Gasteiger partial charge in [-0.25, -0.2) is 9.65 Å². The molecule has 1 aromatic rings. The number of ether oxygens (including phenoxy) is 1. The Hall–Kier alpha value is -1.03. The summed E-state index contributed by atoms with van der Waals surface area (Å²) in [5.41, 5.74) is 0. The second-order valence-corrected chi connectivity index (χ2v) is 7.45. The van der Waals surface area contributed by atoms with Crippen LogP contribution >= 0.6 is 18.1 Å². The van der Waals surface area contributed by atoms with Gasteiger partial charge in [0.25, 0.3) is 0 Å². The Morgan fingerprint density at radius 2 is 1.95 bits per heavy atom. The summed E-state index contributed by atoms with van der Waals surface area (Å²) in [6, 6.07) is 7.76. The highest BCUT2D eigenvalue weighted by molar-refractivity contribution is 7.84. The molecule has 0 spiro atoms. The van der Waals surface area contributed by atoms with Crippen molar-refractivity contribution >= 4 is 24.1 Å². The fourth-order valence-electron chi connectivity index (χ4n) is 1.64. The number of para-hydroxylation sites is 1. The second-order valence-electron chi connectivity index (χ2n) is 4.72. The van der Waals surface area contributed by atoms with Crippen molar-refractivity contribution in [1.29, 1.82) is 0 Å². The summed E-state index contributed by atoms with van der Waals surface area (Å²) in [6.07, 6.45) is 0.446. The predicted molar refractivity (Wildman–Crippen MR) is 78.9 cm³/mol. The third kappa shape index (κ3) is 5.95. The fraction of sp³-hybridized carbons (Fsp3) is 0.462. The lowest BCUT2D eigenvalue weighted by Crippen LogP contribution is -2.36. The first-order valence-corrected chi connectivity index (χ1v) is 8.77. The maximum Gasteiger partial charge on any atom is 0.409 e. The Kier molecular flexibility index (Phi) is 6.53. The molecule has 2 atom stereocenters. The van der Waals surface area contributed by atoms with Gasteiger partial charge in [0.15, 0.2) is 0 Å². The van der Waals surface area contributed by atoms with E-state index in [-0.39, 0.29) is 5.92 Å². The summed E-state index contributed by atoms with van der Waals surface area (Å²) < 4.78 is 22.1. The summed E-state index contributed by atoms with van der Waals surface area (Å²) in [5.74, 6) is 0.0581. The standard InChI is InChI=1S/C13H19ClNO4P/c1-10(2)9-12(13(16)18-3)15-20(14,17)19-11-7-5-4-6-8-11/h4-8,10,12H,9H2,1-3H3,(H,15,17)/t12-,20?/m1/s1. The molecule has 1 N–H and O–H groups in total. The van der Waals surface area contributed by atoms with Crippen molar-refractivity contribution in [1.82, 2.24) is 5.09 Å². The number of carbonyl (C=O) groups excluding carboxylic acids is 1. The maximum atomic E-state index is 12.2. The average Bonchev–Trinajstić information content (AvgIpc) is 2.36. The monoisotopic (exact) mass is 319 g/mol. The van der Waals surface area contributed by atoms with Crippen molar-refractivity contribution in [2.75, 3.05) is 7.11 Å². The highest BCUT2D eigenvalue weighted by atomic mass is 35.7. The number of hydrogen-bond donors (Lipinski definition) is 1. The highest BCUT2D eigenvalue weighted by Crippen LogP contribution is 2.48. The van der Waals surface area contributed by atoms with Crippen molar-refractivity contribution in [3.8, 4) is 5.75 Å². The van der Waals surface area contributed by atoms with E-state index in [1.807, 2.05) is 13.8 Å². The highest BCUT2D eigenvalue weighted by Gasteiger charge is 2.31. The molecule has 0 bridgehead atoms. The van der Waals surface area contributed by atoms with E-state index in [9.17, 15) is 9.36 Å². The van der Waals surface area contributed by atoms with Crippen LogP contribution in [0.1, 0.15) is 20.3 Å². The second kappa shape index (κ2) is 7.67. The van der Waals surface area contributed by atoms with Gasteiger partial charge in [0.2, 0.25) is 0 Å². The summed E-state index contributed by atoms with van der Waals surface area (Å²) in [4.78, 5) is 11.7. The van der Waals surface area contributed by atoms with Crippen LogP contribution in [-0.4, -0.2) is 19.1 Å². The van der Waals surface area contributed by atoms with Crippen LogP contribution in [0.2, 0.25) is 0 Å². The normalized spacial score (nSPS) is 15.4. The number of nitrogens with one attached hydrogen (secondary N) is 1. The van der Waals surface area contributed by atoms with Crippen LogP contribution in [0.15, 0.2) is 30.3 Å². The molecule has 1 aromatic carbocycles. The number of carbonyl (C=O) groups is 1. The molecule has 1 unspecified atom stereocenters. The smallest absolute Gasteiger partial charge is 0.409 e. The molecular weight excluding hydrogens is 301 g/mol. The molecule has 112 valence electrons. The van der Waals surface area contributed by atoms with Gasteiger partial charge in [0.05, 0.1) is 7.11 Å². The van der Waals surface area contributed by atoms with E-state index in [1.54, 1.807) is 30.3 Å². The Morgan fingerprint density at radius 3 is 2.45 bits per heavy atom. The third-order valence-corrected chi connectivity index (χ3v) is 4.03. The van der Waals surface area contributed by atoms with Gasteiger partial charge < -0.3 is 9.26 Å². The van der Waals surface area contributed by atoms with E-state index < -0.39 is 18.9 Å². The molecule has 0 radical (unpaired) electrons. The summed E-state index contributed by atoms with van der Waals surface area (Å²) in [7, 11) is 1.27. The fourth-order valence-corrected chi connectivity index (χ4v) is 3.27. The molecule has 0 aromatic heterocycles. The molecule has 7 heteroatoms. The predicted octanol–water partition coefficient (Wildman–Crippen LogP) is 3.59. The van der Waals surface area contributed by atoms with E-state index in [0.717, 1.165) is 0 Å². The molecule has 20 heavy (non-hydrogen) atoms. The largest absolute Gasteiger partial charge is 0.468 e. The topological polar surface area (TPSA) is 64.6 Å². The van der Waals surface area contributed by atoms with Crippen LogP contribution in [-0.2, 0) is 14.1 Å². The SMILES string of the molecule is COC(=O)[C@@H](CC(C)C)NP(=O)(Cl)Oc1ccccc1. The van der Waals surface area contributed by atoms with Crippen molar-refractivity contribution in [2.24, 2.45) is 5.92 Å². The Bertz CT molecular complexity index is 481. The number of benzene rings is 1. The summed E-state index contributed by atoms with van der Waals surface area (Å²) in [6.45, 7) is 0.206. The zero-order valence-electron chi connectivity index (χ0n) is 11.7. The minimum absolute atomic E-state index is 0.208. The molecule has 0 amide bonds. The van der Waals surface area contributed by atoms with Gasteiger partial charge in [-0.05, 0) is 24.5 Å². The molecule has 5 nitrogen and oxygen atoms in total. The minimum Gasteiger partial charge on any atom is -0.468 e. The van der Waals surface area contributed by atoms with Crippen molar-refractivity contribution in [3.63, 3.8) is 0 Å². The number of rotatable bonds is 7. The van der Waals surface area contributed by atoms with Gasteiger partial charge in [-0.15, -0.1) is 0 Å². The van der Waals surface area contributed by atoms with Crippen molar-refractivity contribution < 1.29 is 18.6 Å². The van der Waals surface area contributed by atoms with Gasteiger partial charge in [-0.1, -0.05) is 32.0 Å². The number of halogens is 1. The molecule has 0 aliphatic rings. The Balaban J connectivity index is 2.75. The molecular formula is C13H19ClNO4P. The molecule has 0 aliphatic heterocycles. The van der Waals surface area contributed by atoms with E-state index in [4.69, 9.17) is 15.8 Å². The van der Waals surface area contributed by atoms with Gasteiger partial charge in [-0.3, -0.25) is 4.79 Å². The van der Waals surface area contributed by atoms with Gasteiger partial charge >= 0.3 is 12.8 Å².